The SMILES string of the molecule is Cc1ccc(C(=O)N2CCN(S(=O)(=O)c3ccc([N+](=O)[O-])cc3)CC2)s1. The van der Waals surface area contributed by atoms with Crippen molar-refractivity contribution in [2.75, 3.05) is 26.2 Å². The molecule has 138 valence electrons. The van der Waals surface area contributed by atoms with Gasteiger partial charge in [0.1, 0.15) is 0 Å². The van der Waals surface area contributed by atoms with Crippen LogP contribution in [0.3, 0.4) is 0 Å². The molecule has 0 unspecified atom stereocenters. The van der Waals surface area contributed by atoms with Crippen LogP contribution in [0.25, 0.3) is 0 Å². The summed E-state index contributed by atoms with van der Waals surface area (Å²) in [7, 11) is -3.74. The van der Waals surface area contributed by atoms with Gasteiger partial charge in [-0.1, -0.05) is 0 Å². The van der Waals surface area contributed by atoms with Gasteiger partial charge in [-0.15, -0.1) is 11.3 Å². The van der Waals surface area contributed by atoms with Crippen molar-refractivity contribution in [3.63, 3.8) is 0 Å². The average Bonchev–Trinajstić information content (AvgIpc) is 3.07. The quantitative estimate of drug-likeness (QED) is 0.583. The van der Waals surface area contributed by atoms with E-state index in [0.29, 0.717) is 18.0 Å². The highest BCUT2D eigenvalue weighted by atomic mass is 32.2. The van der Waals surface area contributed by atoms with E-state index in [4.69, 9.17) is 0 Å². The maximum absolute atomic E-state index is 12.7. The van der Waals surface area contributed by atoms with Gasteiger partial charge in [-0.05, 0) is 31.2 Å². The summed E-state index contributed by atoms with van der Waals surface area (Å²) < 4.78 is 26.6. The Labute approximate surface area is 154 Å². The Kier molecular flexibility index (Phi) is 5.08. The Morgan fingerprint density at radius 2 is 1.69 bits per heavy atom. The smallest absolute Gasteiger partial charge is 0.269 e. The number of carbonyl (C=O) groups is 1. The molecular formula is C16H17N3O5S2. The zero-order chi connectivity index (χ0) is 18.9. The molecule has 2 aromatic rings. The number of carbonyl (C=O) groups excluding carboxylic acids is 1. The van der Waals surface area contributed by atoms with Crippen molar-refractivity contribution in [1.82, 2.24) is 9.21 Å². The third-order valence-corrected chi connectivity index (χ3v) is 7.06. The summed E-state index contributed by atoms with van der Waals surface area (Å²) >= 11 is 1.42. The van der Waals surface area contributed by atoms with Gasteiger partial charge in [0.05, 0.1) is 14.7 Å². The topological polar surface area (TPSA) is 101 Å². The van der Waals surface area contributed by atoms with Gasteiger partial charge in [0.15, 0.2) is 0 Å². The lowest BCUT2D eigenvalue weighted by Crippen LogP contribution is -2.50. The molecule has 0 spiro atoms. The van der Waals surface area contributed by atoms with E-state index in [9.17, 15) is 23.3 Å². The van der Waals surface area contributed by atoms with Crippen molar-refractivity contribution < 1.29 is 18.1 Å². The second kappa shape index (κ2) is 7.14. The van der Waals surface area contributed by atoms with Crippen LogP contribution in [0.4, 0.5) is 5.69 Å². The molecule has 0 N–H and O–H groups in total. The molecule has 2 heterocycles. The lowest BCUT2D eigenvalue weighted by molar-refractivity contribution is -0.384. The summed E-state index contributed by atoms with van der Waals surface area (Å²) in [6.07, 6.45) is 0. The van der Waals surface area contributed by atoms with E-state index in [1.165, 1.54) is 39.9 Å². The molecule has 3 rings (SSSR count). The number of amides is 1. The van der Waals surface area contributed by atoms with Gasteiger partial charge in [0.25, 0.3) is 11.6 Å². The minimum atomic E-state index is -3.74. The Hall–Kier alpha value is -2.30. The predicted molar refractivity (Wildman–Crippen MR) is 96.8 cm³/mol. The highest BCUT2D eigenvalue weighted by Gasteiger charge is 2.31. The van der Waals surface area contributed by atoms with Crippen LogP contribution in [0, 0.1) is 17.0 Å². The molecule has 10 heteroatoms. The van der Waals surface area contributed by atoms with Gasteiger partial charge < -0.3 is 4.90 Å². The van der Waals surface area contributed by atoms with E-state index in [1.807, 2.05) is 13.0 Å². The van der Waals surface area contributed by atoms with Crippen molar-refractivity contribution in [1.29, 1.82) is 0 Å². The molecule has 8 nitrogen and oxygen atoms in total. The molecule has 1 aliphatic heterocycles. The van der Waals surface area contributed by atoms with Crippen molar-refractivity contribution in [2.45, 2.75) is 11.8 Å². The molecule has 1 aromatic carbocycles. The first-order valence-electron chi connectivity index (χ1n) is 7.89. The molecule has 1 saturated heterocycles. The first-order chi connectivity index (χ1) is 12.3. The Balaban J connectivity index is 1.68. The molecule has 26 heavy (non-hydrogen) atoms. The second-order valence-electron chi connectivity index (χ2n) is 5.86. The fourth-order valence-corrected chi connectivity index (χ4v) is 4.98. The lowest BCUT2D eigenvalue weighted by atomic mass is 10.3. The maximum atomic E-state index is 12.7. The zero-order valence-electron chi connectivity index (χ0n) is 14.0. The molecule has 0 saturated carbocycles. The maximum Gasteiger partial charge on any atom is 0.269 e. The van der Waals surface area contributed by atoms with E-state index in [0.717, 1.165) is 4.88 Å². The number of nitro groups is 1. The van der Waals surface area contributed by atoms with E-state index < -0.39 is 14.9 Å². The number of hydrogen-bond donors (Lipinski definition) is 0. The lowest BCUT2D eigenvalue weighted by Gasteiger charge is -2.33. The van der Waals surface area contributed by atoms with Crippen LogP contribution in [-0.2, 0) is 10.0 Å². The Morgan fingerprint density at radius 3 is 2.19 bits per heavy atom. The largest absolute Gasteiger partial charge is 0.335 e. The number of nitrogens with zero attached hydrogens (tertiary/aromatic N) is 3. The van der Waals surface area contributed by atoms with Gasteiger partial charge in [-0.2, -0.15) is 4.31 Å². The highest BCUT2D eigenvalue weighted by Crippen LogP contribution is 2.22. The number of non-ortho nitro benzene ring substituents is 1. The number of aryl methyl sites for hydroxylation is 1. The second-order valence-corrected chi connectivity index (χ2v) is 9.08. The molecule has 0 bridgehead atoms. The fraction of sp³-hybridized carbons (Fsp3) is 0.312. The van der Waals surface area contributed by atoms with Crippen molar-refractivity contribution in [2.24, 2.45) is 0 Å². The third kappa shape index (κ3) is 3.62. The van der Waals surface area contributed by atoms with Gasteiger partial charge >= 0.3 is 0 Å². The van der Waals surface area contributed by atoms with Crippen LogP contribution < -0.4 is 0 Å². The van der Waals surface area contributed by atoms with Crippen molar-refractivity contribution >= 4 is 33.0 Å². The van der Waals surface area contributed by atoms with Gasteiger partial charge in [-0.3, -0.25) is 14.9 Å². The molecule has 0 aliphatic carbocycles. The summed E-state index contributed by atoms with van der Waals surface area (Å²) in [5, 5.41) is 10.7. The standard InChI is InChI=1S/C16H17N3O5S2/c1-12-2-7-15(25-12)16(20)17-8-10-18(11-9-17)26(23,24)14-5-3-13(4-6-14)19(21)22/h2-7H,8-11H2,1H3. The number of benzene rings is 1. The molecule has 1 aromatic heterocycles. The summed E-state index contributed by atoms with van der Waals surface area (Å²) in [6.45, 7) is 2.92. The monoisotopic (exact) mass is 395 g/mol. The third-order valence-electron chi connectivity index (χ3n) is 4.16. The number of nitro benzene ring substituents is 1. The predicted octanol–water partition coefficient (Wildman–Crippen LogP) is 2.11. The molecular weight excluding hydrogens is 378 g/mol. The molecule has 1 amide bonds. The Morgan fingerprint density at radius 1 is 1.08 bits per heavy atom. The normalized spacial score (nSPS) is 15.8. The van der Waals surface area contributed by atoms with E-state index in [-0.39, 0.29) is 29.6 Å². The zero-order valence-corrected chi connectivity index (χ0v) is 15.6. The Bertz CT molecular complexity index is 929. The number of rotatable bonds is 4. The molecule has 0 atom stereocenters. The van der Waals surface area contributed by atoms with Gasteiger partial charge in [-0.25, -0.2) is 8.42 Å². The minimum absolute atomic E-state index is 0.0109. The first kappa shape index (κ1) is 18.5. The van der Waals surface area contributed by atoms with Gasteiger partial charge in [0, 0.05) is 43.2 Å². The van der Waals surface area contributed by atoms with E-state index in [2.05, 4.69) is 0 Å². The number of thiophene rings is 1. The molecule has 1 aliphatic rings. The molecule has 1 fully saturated rings. The molecule has 0 radical (unpaired) electrons. The average molecular weight is 395 g/mol. The number of hydrogen-bond acceptors (Lipinski definition) is 6. The van der Waals surface area contributed by atoms with Crippen molar-refractivity contribution in [3.05, 3.63) is 56.3 Å². The summed E-state index contributed by atoms with van der Waals surface area (Å²) in [4.78, 5) is 25.9. The van der Waals surface area contributed by atoms with Crippen LogP contribution in [-0.4, -0.2) is 54.6 Å². The minimum Gasteiger partial charge on any atom is -0.335 e. The fourth-order valence-electron chi connectivity index (χ4n) is 2.73. The van der Waals surface area contributed by atoms with E-state index in [1.54, 1.807) is 11.0 Å². The summed E-state index contributed by atoms with van der Waals surface area (Å²) in [5.74, 6) is -0.0875. The summed E-state index contributed by atoms with van der Waals surface area (Å²) in [6, 6.07) is 8.48. The van der Waals surface area contributed by atoms with Gasteiger partial charge in [0.2, 0.25) is 10.0 Å². The van der Waals surface area contributed by atoms with Crippen LogP contribution in [0.2, 0.25) is 0 Å². The van der Waals surface area contributed by atoms with Crippen LogP contribution in [0.1, 0.15) is 14.5 Å². The van der Waals surface area contributed by atoms with E-state index >= 15 is 0 Å². The number of sulfonamides is 1. The first-order valence-corrected chi connectivity index (χ1v) is 10.1. The van der Waals surface area contributed by atoms with Crippen LogP contribution >= 0.6 is 11.3 Å². The van der Waals surface area contributed by atoms with Crippen LogP contribution in [0.5, 0.6) is 0 Å². The highest BCUT2D eigenvalue weighted by molar-refractivity contribution is 7.89. The number of piperazine rings is 1. The van der Waals surface area contributed by atoms with Crippen molar-refractivity contribution in [3.8, 4) is 0 Å². The van der Waals surface area contributed by atoms with Crippen LogP contribution in [0.15, 0.2) is 41.3 Å². The summed E-state index contributed by atoms with van der Waals surface area (Å²) in [5.41, 5.74) is -0.161.